The fourth-order valence-electron chi connectivity index (χ4n) is 2.34. The molecule has 6 heteroatoms. The van der Waals surface area contributed by atoms with Crippen molar-refractivity contribution in [3.05, 3.63) is 12.7 Å². The Kier molecular flexibility index (Phi) is 2.44. The molecule has 2 aromatic rings. The van der Waals surface area contributed by atoms with E-state index in [4.69, 9.17) is 10.8 Å². The molecule has 3 rings (SSSR count). The van der Waals surface area contributed by atoms with E-state index in [0.717, 1.165) is 18.6 Å². The highest BCUT2D eigenvalue weighted by Crippen LogP contribution is 2.42. The third-order valence-corrected chi connectivity index (χ3v) is 3.43. The molecule has 0 unspecified atom stereocenters. The van der Waals surface area contributed by atoms with Crippen LogP contribution in [-0.2, 0) is 6.54 Å². The van der Waals surface area contributed by atoms with Crippen molar-refractivity contribution in [3.63, 3.8) is 0 Å². The van der Waals surface area contributed by atoms with E-state index >= 15 is 0 Å². The van der Waals surface area contributed by atoms with E-state index in [2.05, 4.69) is 15.0 Å². The fourth-order valence-corrected chi connectivity index (χ4v) is 2.34. The maximum Gasteiger partial charge on any atom is 0.165 e. The van der Waals surface area contributed by atoms with Crippen molar-refractivity contribution in [1.29, 1.82) is 0 Å². The summed E-state index contributed by atoms with van der Waals surface area (Å²) in [7, 11) is 0. The SMILES string of the molecule is Nc1ncnc2c1ncn2C[C@@H]1C[C@@H]1CCO. The first kappa shape index (κ1) is 10.5. The molecule has 0 radical (unpaired) electrons. The van der Waals surface area contributed by atoms with Gasteiger partial charge < -0.3 is 15.4 Å². The Hall–Kier alpha value is -1.69. The zero-order chi connectivity index (χ0) is 11.8. The van der Waals surface area contributed by atoms with Crippen LogP contribution < -0.4 is 5.73 Å². The summed E-state index contributed by atoms with van der Waals surface area (Å²) >= 11 is 0. The minimum Gasteiger partial charge on any atom is -0.396 e. The van der Waals surface area contributed by atoms with E-state index in [1.165, 1.54) is 12.7 Å². The molecule has 0 saturated heterocycles. The summed E-state index contributed by atoms with van der Waals surface area (Å²) in [5, 5.41) is 8.87. The number of nitrogen functional groups attached to an aromatic ring is 1. The predicted molar refractivity (Wildman–Crippen MR) is 63.0 cm³/mol. The van der Waals surface area contributed by atoms with Crippen LogP contribution >= 0.6 is 0 Å². The molecule has 0 amide bonds. The topological polar surface area (TPSA) is 89.9 Å². The van der Waals surface area contributed by atoms with Crippen LogP contribution in [0.3, 0.4) is 0 Å². The third-order valence-electron chi connectivity index (χ3n) is 3.43. The summed E-state index contributed by atoms with van der Waals surface area (Å²) in [5.41, 5.74) is 7.20. The molecule has 1 saturated carbocycles. The first-order valence-electron chi connectivity index (χ1n) is 5.81. The van der Waals surface area contributed by atoms with Crippen molar-refractivity contribution in [2.45, 2.75) is 19.4 Å². The van der Waals surface area contributed by atoms with Gasteiger partial charge in [-0.1, -0.05) is 0 Å². The number of imidazole rings is 1. The monoisotopic (exact) mass is 233 g/mol. The van der Waals surface area contributed by atoms with Crippen molar-refractivity contribution >= 4 is 17.0 Å². The van der Waals surface area contributed by atoms with Crippen LogP contribution in [-0.4, -0.2) is 31.2 Å². The van der Waals surface area contributed by atoms with Gasteiger partial charge in [0.05, 0.1) is 6.33 Å². The normalized spacial score (nSPS) is 23.1. The minimum atomic E-state index is 0.279. The molecule has 17 heavy (non-hydrogen) atoms. The van der Waals surface area contributed by atoms with Crippen LogP contribution in [0.15, 0.2) is 12.7 Å². The number of aliphatic hydroxyl groups is 1. The number of hydrogen-bond donors (Lipinski definition) is 2. The summed E-state index contributed by atoms with van der Waals surface area (Å²) in [4.78, 5) is 12.4. The van der Waals surface area contributed by atoms with Crippen LogP contribution in [0.25, 0.3) is 11.2 Å². The zero-order valence-electron chi connectivity index (χ0n) is 9.45. The molecular formula is C11H15N5O. The number of aliphatic hydroxyl groups excluding tert-OH is 1. The first-order valence-corrected chi connectivity index (χ1v) is 5.81. The lowest BCUT2D eigenvalue weighted by Gasteiger charge is -2.02. The van der Waals surface area contributed by atoms with E-state index in [9.17, 15) is 0 Å². The van der Waals surface area contributed by atoms with Gasteiger partial charge in [0, 0.05) is 13.2 Å². The zero-order valence-corrected chi connectivity index (χ0v) is 9.45. The molecule has 1 aliphatic carbocycles. The first-order chi connectivity index (χ1) is 8.29. The molecule has 1 fully saturated rings. The molecule has 2 aromatic heterocycles. The number of nitrogens with zero attached hydrogens (tertiary/aromatic N) is 4. The van der Waals surface area contributed by atoms with Gasteiger partial charge in [0.15, 0.2) is 11.5 Å². The summed E-state index contributed by atoms with van der Waals surface area (Å²) in [6, 6.07) is 0. The number of aromatic nitrogens is 4. The van der Waals surface area contributed by atoms with Gasteiger partial charge in [-0.3, -0.25) is 0 Å². The van der Waals surface area contributed by atoms with Crippen LogP contribution in [0.4, 0.5) is 5.82 Å². The summed E-state index contributed by atoms with van der Waals surface area (Å²) in [6.45, 7) is 1.18. The second kappa shape index (κ2) is 3.96. The summed E-state index contributed by atoms with van der Waals surface area (Å²) in [6.07, 6.45) is 5.31. The van der Waals surface area contributed by atoms with Gasteiger partial charge in [-0.05, 0) is 24.7 Å². The van der Waals surface area contributed by atoms with Crippen LogP contribution in [0.1, 0.15) is 12.8 Å². The van der Waals surface area contributed by atoms with E-state index in [0.29, 0.717) is 23.2 Å². The van der Waals surface area contributed by atoms with Crippen molar-refractivity contribution in [2.24, 2.45) is 11.8 Å². The average Bonchev–Trinajstić information content (AvgIpc) is 2.89. The standard InChI is InChI=1S/C11H15N5O/c12-10-9-11(14-5-13-10)16(6-15-9)4-8-3-7(8)1-2-17/h5-8,17H,1-4H2,(H2,12,13,14)/t7-,8-/m0/s1. The molecule has 90 valence electrons. The van der Waals surface area contributed by atoms with Gasteiger partial charge in [-0.15, -0.1) is 0 Å². The molecule has 0 aromatic carbocycles. The van der Waals surface area contributed by atoms with Crippen molar-refractivity contribution in [2.75, 3.05) is 12.3 Å². The van der Waals surface area contributed by atoms with Gasteiger partial charge in [0.25, 0.3) is 0 Å². The molecular weight excluding hydrogens is 218 g/mol. The number of rotatable bonds is 4. The Balaban J connectivity index is 1.80. The van der Waals surface area contributed by atoms with E-state index in [1.807, 2.05) is 4.57 Å². The molecule has 0 bridgehead atoms. The highest BCUT2D eigenvalue weighted by atomic mass is 16.3. The van der Waals surface area contributed by atoms with E-state index < -0.39 is 0 Å². The second-order valence-corrected chi connectivity index (χ2v) is 4.60. The Morgan fingerprint density at radius 3 is 3.06 bits per heavy atom. The lowest BCUT2D eigenvalue weighted by atomic mass is 10.2. The van der Waals surface area contributed by atoms with Crippen molar-refractivity contribution in [1.82, 2.24) is 19.5 Å². The van der Waals surface area contributed by atoms with Gasteiger partial charge in [-0.2, -0.15) is 0 Å². The van der Waals surface area contributed by atoms with E-state index in [-0.39, 0.29) is 6.61 Å². The summed E-state index contributed by atoms with van der Waals surface area (Å²) in [5.74, 6) is 1.71. The quantitative estimate of drug-likeness (QED) is 0.799. The number of anilines is 1. The maximum absolute atomic E-state index is 8.87. The molecule has 0 spiro atoms. The third kappa shape index (κ3) is 1.84. The van der Waals surface area contributed by atoms with E-state index in [1.54, 1.807) is 6.33 Å². The molecule has 2 atom stereocenters. The van der Waals surface area contributed by atoms with Gasteiger partial charge in [0.2, 0.25) is 0 Å². The molecule has 6 nitrogen and oxygen atoms in total. The lowest BCUT2D eigenvalue weighted by Crippen LogP contribution is -2.02. The van der Waals surface area contributed by atoms with Crippen molar-refractivity contribution in [3.8, 4) is 0 Å². The van der Waals surface area contributed by atoms with Crippen molar-refractivity contribution < 1.29 is 5.11 Å². The Morgan fingerprint density at radius 1 is 1.35 bits per heavy atom. The number of fused-ring (bicyclic) bond motifs is 1. The molecule has 3 N–H and O–H groups in total. The van der Waals surface area contributed by atoms with Crippen LogP contribution in [0, 0.1) is 11.8 Å². The largest absolute Gasteiger partial charge is 0.396 e. The van der Waals surface area contributed by atoms with Crippen LogP contribution in [0.2, 0.25) is 0 Å². The second-order valence-electron chi connectivity index (χ2n) is 4.60. The molecule has 1 aliphatic rings. The fraction of sp³-hybridized carbons (Fsp3) is 0.545. The van der Waals surface area contributed by atoms with Gasteiger partial charge in [-0.25, -0.2) is 15.0 Å². The van der Waals surface area contributed by atoms with Gasteiger partial charge in [0.1, 0.15) is 11.8 Å². The highest BCUT2D eigenvalue weighted by molar-refractivity contribution is 5.81. The number of hydrogen-bond acceptors (Lipinski definition) is 5. The lowest BCUT2D eigenvalue weighted by molar-refractivity contribution is 0.276. The molecule has 0 aliphatic heterocycles. The Labute approximate surface area is 98.5 Å². The smallest absolute Gasteiger partial charge is 0.165 e. The Bertz CT molecular complexity index is 538. The van der Waals surface area contributed by atoms with Crippen LogP contribution in [0.5, 0.6) is 0 Å². The highest BCUT2D eigenvalue weighted by Gasteiger charge is 2.36. The average molecular weight is 233 g/mol. The van der Waals surface area contributed by atoms with Gasteiger partial charge >= 0.3 is 0 Å². The maximum atomic E-state index is 8.87. The number of nitrogens with two attached hydrogens (primary N) is 1. The minimum absolute atomic E-state index is 0.279. The predicted octanol–water partition coefficient (Wildman–Crippen LogP) is 0.427. The summed E-state index contributed by atoms with van der Waals surface area (Å²) < 4.78 is 2.02. The molecule has 2 heterocycles. The Morgan fingerprint density at radius 2 is 2.24 bits per heavy atom.